The van der Waals surface area contributed by atoms with Gasteiger partial charge in [-0.2, -0.15) is 0 Å². The van der Waals surface area contributed by atoms with E-state index in [1.165, 1.54) is 11.3 Å². The van der Waals surface area contributed by atoms with Gasteiger partial charge in [-0.25, -0.2) is 4.98 Å². The molecular weight excluding hydrogens is 364 g/mol. The standard InChI is InChI=1S/C19H22N4O3S/c1-2-3-9-23-12-14(11-16(23)24)18(26)21-15-6-4-13(5-7-15)17(25)22-19-20-8-10-27-19/h4-8,10,14H,2-3,9,11-12H2,1H3,(H,21,26)(H,20,22,25)/t14-/m1/s1. The number of hydrogen-bond acceptors (Lipinski definition) is 5. The number of thiazole rings is 1. The predicted octanol–water partition coefficient (Wildman–Crippen LogP) is 2.98. The van der Waals surface area contributed by atoms with Crippen molar-refractivity contribution in [1.29, 1.82) is 0 Å². The first-order valence-corrected chi connectivity index (χ1v) is 9.84. The third kappa shape index (κ3) is 4.91. The zero-order valence-corrected chi connectivity index (χ0v) is 15.9. The van der Waals surface area contributed by atoms with Gasteiger partial charge in [0.1, 0.15) is 0 Å². The average molecular weight is 386 g/mol. The number of rotatable bonds is 7. The van der Waals surface area contributed by atoms with E-state index >= 15 is 0 Å². The molecule has 0 unspecified atom stereocenters. The van der Waals surface area contributed by atoms with Crippen molar-refractivity contribution in [2.75, 3.05) is 23.7 Å². The van der Waals surface area contributed by atoms with Gasteiger partial charge < -0.3 is 10.2 Å². The van der Waals surface area contributed by atoms with Crippen LogP contribution >= 0.6 is 11.3 Å². The zero-order chi connectivity index (χ0) is 19.2. The Bertz CT molecular complexity index is 805. The molecule has 3 rings (SSSR count). The number of nitrogens with one attached hydrogen (secondary N) is 2. The van der Waals surface area contributed by atoms with Crippen LogP contribution in [0.5, 0.6) is 0 Å². The lowest BCUT2D eigenvalue weighted by atomic mass is 10.1. The molecule has 27 heavy (non-hydrogen) atoms. The van der Waals surface area contributed by atoms with Crippen molar-refractivity contribution < 1.29 is 14.4 Å². The Labute approximate surface area is 161 Å². The molecule has 7 nitrogen and oxygen atoms in total. The molecule has 1 aliphatic rings. The molecule has 2 heterocycles. The number of aromatic nitrogens is 1. The summed E-state index contributed by atoms with van der Waals surface area (Å²) in [5.41, 5.74) is 1.08. The summed E-state index contributed by atoms with van der Waals surface area (Å²) < 4.78 is 0. The van der Waals surface area contributed by atoms with Crippen LogP contribution in [-0.2, 0) is 9.59 Å². The minimum absolute atomic E-state index is 0.0396. The Balaban J connectivity index is 1.54. The van der Waals surface area contributed by atoms with Crippen LogP contribution in [0.15, 0.2) is 35.8 Å². The summed E-state index contributed by atoms with van der Waals surface area (Å²) in [6.07, 6.45) is 3.84. The first-order chi connectivity index (χ1) is 13.1. The summed E-state index contributed by atoms with van der Waals surface area (Å²) >= 11 is 1.35. The van der Waals surface area contributed by atoms with Crippen molar-refractivity contribution in [2.24, 2.45) is 5.92 Å². The molecule has 2 N–H and O–H groups in total. The predicted molar refractivity (Wildman–Crippen MR) is 105 cm³/mol. The summed E-state index contributed by atoms with van der Waals surface area (Å²) in [7, 11) is 0. The Morgan fingerprint density at radius 1 is 1.26 bits per heavy atom. The van der Waals surface area contributed by atoms with Crippen LogP contribution in [0.3, 0.4) is 0 Å². The van der Waals surface area contributed by atoms with Crippen molar-refractivity contribution in [3.8, 4) is 0 Å². The quantitative estimate of drug-likeness (QED) is 0.765. The van der Waals surface area contributed by atoms with Crippen molar-refractivity contribution >= 4 is 39.9 Å². The highest BCUT2D eigenvalue weighted by molar-refractivity contribution is 7.13. The fraction of sp³-hybridized carbons (Fsp3) is 0.368. The molecule has 3 amide bonds. The Morgan fingerprint density at radius 3 is 2.70 bits per heavy atom. The van der Waals surface area contributed by atoms with Gasteiger partial charge in [0.05, 0.1) is 5.92 Å². The second kappa shape index (κ2) is 8.77. The van der Waals surface area contributed by atoms with Crippen molar-refractivity contribution in [1.82, 2.24) is 9.88 Å². The highest BCUT2D eigenvalue weighted by Gasteiger charge is 2.33. The molecule has 0 spiro atoms. The van der Waals surface area contributed by atoms with Crippen LogP contribution in [0.2, 0.25) is 0 Å². The normalized spacial score (nSPS) is 16.4. The van der Waals surface area contributed by atoms with Gasteiger partial charge in [-0.3, -0.25) is 19.7 Å². The van der Waals surface area contributed by atoms with Gasteiger partial charge in [-0.1, -0.05) is 13.3 Å². The van der Waals surface area contributed by atoms with E-state index in [4.69, 9.17) is 0 Å². The number of nitrogens with zero attached hydrogens (tertiary/aromatic N) is 2. The lowest BCUT2D eigenvalue weighted by Crippen LogP contribution is -2.29. The topological polar surface area (TPSA) is 91.4 Å². The fourth-order valence-corrected chi connectivity index (χ4v) is 3.44. The van der Waals surface area contributed by atoms with Gasteiger partial charge in [0.2, 0.25) is 11.8 Å². The van der Waals surface area contributed by atoms with Crippen LogP contribution in [0, 0.1) is 5.92 Å². The highest BCUT2D eigenvalue weighted by atomic mass is 32.1. The summed E-state index contributed by atoms with van der Waals surface area (Å²) in [6.45, 7) is 3.26. The smallest absolute Gasteiger partial charge is 0.257 e. The summed E-state index contributed by atoms with van der Waals surface area (Å²) in [4.78, 5) is 42.3. The van der Waals surface area contributed by atoms with Crippen molar-refractivity contribution in [2.45, 2.75) is 26.2 Å². The maximum absolute atomic E-state index is 12.4. The lowest BCUT2D eigenvalue weighted by molar-refractivity contribution is -0.128. The second-order valence-electron chi connectivity index (χ2n) is 6.45. The molecule has 1 fully saturated rings. The van der Waals surface area contributed by atoms with E-state index in [0.29, 0.717) is 29.5 Å². The molecule has 1 aromatic carbocycles. The molecule has 0 saturated carbocycles. The monoisotopic (exact) mass is 386 g/mol. The van der Waals surface area contributed by atoms with Gasteiger partial charge in [0.25, 0.3) is 5.91 Å². The molecule has 0 bridgehead atoms. The van der Waals surface area contributed by atoms with E-state index in [0.717, 1.165) is 12.8 Å². The third-order valence-electron chi connectivity index (χ3n) is 4.43. The molecule has 0 radical (unpaired) electrons. The first-order valence-electron chi connectivity index (χ1n) is 8.96. The van der Waals surface area contributed by atoms with Crippen LogP contribution in [0.1, 0.15) is 36.5 Å². The maximum atomic E-state index is 12.4. The molecule has 8 heteroatoms. The van der Waals surface area contributed by atoms with E-state index in [1.54, 1.807) is 40.7 Å². The first kappa shape index (κ1) is 19.0. The molecule has 1 aromatic heterocycles. The Hall–Kier alpha value is -2.74. The molecule has 1 saturated heterocycles. The number of amides is 3. The average Bonchev–Trinajstić information content (AvgIpc) is 3.30. The highest BCUT2D eigenvalue weighted by Crippen LogP contribution is 2.21. The third-order valence-corrected chi connectivity index (χ3v) is 5.12. The zero-order valence-electron chi connectivity index (χ0n) is 15.1. The SMILES string of the molecule is CCCCN1C[C@H](C(=O)Nc2ccc(C(=O)Nc3nccs3)cc2)CC1=O. The van der Waals surface area contributed by atoms with Gasteiger partial charge in [0.15, 0.2) is 5.13 Å². The van der Waals surface area contributed by atoms with Gasteiger partial charge in [-0.05, 0) is 30.7 Å². The van der Waals surface area contributed by atoms with Gasteiger partial charge in [0, 0.05) is 42.3 Å². The van der Waals surface area contributed by atoms with Crippen LogP contribution in [-0.4, -0.2) is 40.7 Å². The number of carbonyl (C=O) groups is 3. The number of unbranched alkanes of at least 4 members (excludes halogenated alkanes) is 1. The van der Waals surface area contributed by atoms with E-state index in [-0.39, 0.29) is 30.1 Å². The molecule has 142 valence electrons. The van der Waals surface area contributed by atoms with Crippen LogP contribution in [0.25, 0.3) is 0 Å². The summed E-state index contributed by atoms with van der Waals surface area (Å²) in [6, 6.07) is 6.65. The number of benzene rings is 1. The van der Waals surface area contributed by atoms with Crippen molar-refractivity contribution in [3.05, 3.63) is 41.4 Å². The number of carbonyl (C=O) groups excluding carboxylic acids is 3. The largest absolute Gasteiger partial charge is 0.342 e. The van der Waals surface area contributed by atoms with E-state index in [1.807, 2.05) is 0 Å². The van der Waals surface area contributed by atoms with Gasteiger partial charge in [-0.15, -0.1) is 11.3 Å². The molecule has 1 atom stereocenters. The fourth-order valence-electron chi connectivity index (χ4n) is 2.92. The maximum Gasteiger partial charge on any atom is 0.257 e. The van der Waals surface area contributed by atoms with E-state index in [9.17, 15) is 14.4 Å². The van der Waals surface area contributed by atoms with Crippen molar-refractivity contribution in [3.63, 3.8) is 0 Å². The lowest BCUT2D eigenvalue weighted by Gasteiger charge is -2.16. The Morgan fingerprint density at radius 2 is 2.04 bits per heavy atom. The molecule has 2 aromatic rings. The van der Waals surface area contributed by atoms with Gasteiger partial charge >= 0.3 is 0 Å². The van der Waals surface area contributed by atoms with E-state index in [2.05, 4.69) is 22.5 Å². The van der Waals surface area contributed by atoms with E-state index < -0.39 is 0 Å². The molecule has 1 aliphatic heterocycles. The second-order valence-corrected chi connectivity index (χ2v) is 7.35. The molecular formula is C19H22N4O3S. The summed E-state index contributed by atoms with van der Waals surface area (Å²) in [5, 5.41) is 7.86. The Kier molecular flexibility index (Phi) is 6.18. The van der Waals surface area contributed by atoms with Crippen LogP contribution in [0.4, 0.5) is 10.8 Å². The minimum Gasteiger partial charge on any atom is -0.342 e. The number of hydrogen-bond donors (Lipinski definition) is 2. The molecule has 0 aliphatic carbocycles. The number of anilines is 2. The summed E-state index contributed by atoms with van der Waals surface area (Å²) in [5.74, 6) is -0.710. The minimum atomic E-state index is -0.331. The number of likely N-dealkylation sites (tertiary alicyclic amines) is 1. The van der Waals surface area contributed by atoms with Crippen LogP contribution < -0.4 is 10.6 Å².